The Hall–Kier alpha value is -2.22. The van der Waals surface area contributed by atoms with E-state index in [1.165, 1.54) is 11.8 Å². The maximum Gasteiger partial charge on any atom is 0.225 e. The van der Waals surface area contributed by atoms with E-state index in [-0.39, 0.29) is 0 Å². The van der Waals surface area contributed by atoms with Crippen LogP contribution in [0.3, 0.4) is 0 Å². The van der Waals surface area contributed by atoms with Crippen LogP contribution in [0.15, 0.2) is 35.0 Å². The fraction of sp³-hybridized carbons (Fsp3) is 0.100. The molecule has 3 rings (SSSR count). The van der Waals surface area contributed by atoms with Crippen LogP contribution < -0.4 is 5.32 Å². The first-order valence-corrected chi connectivity index (χ1v) is 6.02. The van der Waals surface area contributed by atoms with Crippen LogP contribution in [-0.2, 0) is 0 Å². The Morgan fingerprint density at radius 1 is 1.17 bits per heavy atom. The molecule has 3 heterocycles. The molecule has 18 heavy (non-hydrogen) atoms. The first kappa shape index (κ1) is 10.9. The maximum atomic E-state index is 4.38. The highest BCUT2D eigenvalue weighted by atomic mass is 32.2. The molecule has 0 amide bonds. The quantitative estimate of drug-likeness (QED) is 0.541. The Morgan fingerprint density at radius 3 is 2.78 bits per heavy atom. The summed E-state index contributed by atoms with van der Waals surface area (Å²) in [6.07, 6.45) is 4.98. The fourth-order valence-corrected chi connectivity index (χ4v) is 2.20. The van der Waals surface area contributed by atoms with Gasteiger partial charge in [0.1, 0.15) is 10.5 Å². The summed E-state index contributed by atoms with van der Waals surface area (Å²) < 4.78 is 0. The van der Waals surface area contributed by atoms with E-state index in [9.17, 15) is 0 Å². The van der Waals surface area contributed by atoms with Gasteiger partial charge in [-0.25, -0.2) is 19.9 Å². The molecule has 0 aliphatic rings. The molecule has 0 saturated heterocycles. The molecule has 0 saturated carbocycles. The van der Waals surface area contributed by atoms with Gasteiger partial charge in [-0.15, -0.1) is 0 Å². The Morgan fingerprint density at radius 2 is 2.00 bits per heavy atom. The number of hydrogen-bond acceptors (Lipinski definition) is 7. The minimum absolute atomic E-state index is 0.521. The van der Waals surface area contributed by atoms with Gasteiger partial charge in [0.05, 0.1) is 6.33 Å². The van der Waals surface area contributed by atoms with Crippen molar-refractivity contribution < 1.29 is 0 Å². The van der Waals surface area contributed by atoms with E-state index in [2.05, 4.69) is 35.2 Å². The number of imidazole rings is 1. The molecule has 3 aromatic rings. The van der Waals surface area contributed by atoms with Gasteiger partial charge in [-0.05, 0) is 17.8 Å². The number of aromatic nitrogens is 6. The normalized spacial score (nSPS) is 10.7. The summed E-state index contributed by atoms with van der Waals surface area (Å²) in [7, 11) is 1.77. The molecule has 0 aliphatic heterocycles. The Bertz CT molecular complexity index is 666. The number of rotatable bonds is 3. The molecule has 0 aromatic carbocycles. The maximum absolute atomic E-state index is 4.38. The van der Waals surface area contributed by atoms with Crippen molar-refractivity contribution in [1.29, 1.82) is 0 Å². The smallest absolute Gasteiger partial charge is 0.225 e. The zero-order valence-electron chi connectivity index (χ0n) is 9.45. The first-order valence-electron chi connectivity index (χ1n) is 5.20. The summed E-state index contributed by atoms with van der Waals surface area (Å²) in [5.41, 5.74) is 1.40. The second-order valence-corrected chi connectivity index (χ2v) is 4.29. The van der Waals surface area contributed by atoms with Crippen LogP contribution in [0.2, 0.25) is 0 Å². The van der Waals surface area contributed by atoms with Crippen LogP contribution in [0, 0.1) is 0 Å². The molecule has 0 atom stereocenters. The second kappa shape index (κ2) is 4.57. The first-order chi connectivity index (χ1) is 8.86. The number of fused-ring (bicyclic) bond motifs is 1. The SMILES string of the molecule is CNc1nc(Sc2ncccn2)c2[nH]cnc2n1. The van der Waals surface area contributed by atoms with Crippen molar-refractivity contribution in [2.24, 2.45) is 0 Å². The molecule has 3 aromatic heterocycles. The van der Waals surface area contributed by atoms with Crippen molar-refractivity contribution in [3.63, 3.8) is 0 Å². The van der Waals surface area contributed by atoms with E-state index in [1.807, 2.05) is 0 Å². The third kappa shape index (κ3) is 1.97. The number of H-pyrrole nitrogens is 1. The van der Waals surface area contributed by atoms with Crippen molar-refractivity contribution in [1.82, 2.24) is 29.9 Å². The van der Waals surface area contributed by atoms with E-state index in [0.717, 1.165) is 10.5 Å². The van der Waals surface area contributed by atoms with Crippen LogP contribution in [0.4, 0.5) is 5.95 Å². The molecule has 8 heteroatoms. The van der Waals surface area contributed by atoms with Crippen molar-refractivity contribution in [2.45, 2.75) is 10.2 Å². The number of anilines is 1. The number of nitrogens with zero attached hydrogens (tertiary/aromatic N) is 5. The molecule has 90 valence electrons. The summed E-state index contributed by atoms with van der Waals surface area (Å²) in [6.45, 7) is 0. The van der Waals surface area contributed by atoms with E-state index in [4.69, 9.17) is 0 Å². The molecule has 0 aliphatic carbocycles. The van der Waals surface area contributed by atoms with Gasteiger partial charge in [-0.1, -0.05) is 0 Å². The predicted molar refractivity (Wildman–Crippen MR) is 67.4 cm³/mol. The fourth-order valence-electron chi connectivity index (χ4n) is 1.42. The Kier molecular flexibility index (Phi) is 2.77. The van der Waals surface area contributed by atoms with E-state index in [0.29, 0.717) is 16.8 Å². The third-order valence-electron chi connectivity index (χ3n) is 2.21. The van der Waals surface area contributed by atoms with E-state index < -0.39 is 0 Å². The molecule has 0 unspecified atom stereocenters. The molecule has 2 N–H and O–H groups in total. The lowest BCUT2D eigenvalue weighted by molar-refractivity contribution is 0.960. The largest absolute Gasteiger partial charge is 0.357 e. The summed E-state index contributed by atoms with van der Waals surface area (Å²) in [5.74, 6) is 0.521. The number of aromatic amines is 1. The minimum Gasteiger partial charge on any atom is -0.357 e. The standard InChI is InChI=1S/C10H9N7S/c1-11-9-16-7-6(14-5-15-7)8(17-9)18-10-12-3-2-4-13-10/h2-5H,1H3,(H2,11,14,15,16,17). The summed E-state index contributed by atoms with van der Waals surface area (Å²) in [4.78, 5) is 24.1. The Labute approximate surface area is 107 Å². The highest BCUT2D eigenvalue weighted by molar-refractivity contribution is 7.99. The summed E-state index contributed by atoms with van der Waals surface area (Å²) in [5, 5.41) is 4.28. The van der Waals surface area contributed by atoms with Gasteiger partial charge < -0.3 is 10.3 Å². The lowest BCUT2D eigenvalue weighted by Crippen LogP contribution is -1.98. The van der Waals surface area contributed by atoms with E-state index in [1.54, 1.807) is 31.8 Å². The molecule has 0 radical (unpaired) electrons. The molecular formula is C10H9N7S. The van der Waals surface area contributed by atoms with Crippen LogP contribution in [0.1, 0.15) is 0 Å². The second-order valence-electron chi connectivity index (χ2n) is 3.34. The molecule has 0 spiro atoms. The lowest BCUT2D eigenvalue weighted by atomic mass is 10.5. The van der Waals surface area contributed by atoms with Crippen molar-refractivity contribution >= 4 is 28.9 Å². The zero-order valence-corrected chi connectivity index (χ0v) is 10.3. The van der Waals surface area contributed by atoms with Gasteiger partial charge in [0.25, 0.3) is 0 Å². The zero-order chi connectivity index (χ0) is 12.4. The van der Waals surface area contributed by atoms with Gasteiger partial charge in [-0.3, -0.25) is 0 Å². The van der Waals surface area contributed by atoms with Crippen LogP contribution in [0.5, 0.6) is 0 Å². The van der Waals surface area contributed by atoms with E-state index >= 15 is 0 Å². The van der Waals surface area contributed by atoms with Crippen molar-refractivity contribution in [3.8, 4) is 0 Å². The highest BCUT2D eigenvalue weighted by Gasteiger charge is 2.11. The monoisotopic (exact) mass is 259 g/mol. The van der Waals surface area contributed by atoms with Crippen molar-refractivity contribution in [2.75, 3.05) is 12.4 Å². The van der Waals surface area contributed by atoms with Gasteiger partial charge in [-0.2, -0.15) is 4.98 Å². The van der Waals surface area contributed by atoms with Crippen LogP contribution in [0.25, 0.3) is 11.2 Å². The van der Waals surface area contributed by atoms with Gasteiger partial charge >= 0.3 is 0 Å². The average molecular weight is 259 g/mol. The third-order valence-corrected chi connectivity index (χ3v) is 3.09. The molecule has 7 nitrogen and oxygen atoms in total. The minimum atomic E-state index is 0.521. The average Bonchev–Trinajstić information content (AvgIpc) is 2.88. The molecule has 0 bridgehead atoms. The molecule has 0 fully saturated rings. The number of nitrogens with one attached hydrogen (secondary N) is 2. The number of hydrogen-bond donors (Lipinski definition) is 2. The predicted octanol–water partition coefficient (Wildman–Crippen LogP) is 1.34. The molecular weight excluding hydrogens is 250 g/mol. The lowest BCUT2D eigenvalue weighted by Gasteiger charge is -2.03. The topological polar surface area (TPSA) is 92.3 Å². The van der Waals surface area contributed by atoms with Gasteiger partial charge in [0.2, 0.25) is 5.95 Å². The van der Waals surface area contributed by atoms with Crippen molar-refractivity contribution in [3.05, 3.63) is 24.8 Å². The van der Waals surface area contributed by atoms with Crippen LogP contribution >= 0.6 is 11.8 Å². The van der Waals surface area contributed by atoms with Crippen LogP contribution in [-0.4, -0.2) is 37.0 Å². The summed E-state index contributed by atoms with van der Waals surface area (Å²) >= 11 is 1.37. The Balaban J connectivity index is 2.07. The highest BCUT2D eigenvalue weighted by Crippen LogP contribution is 2.28. The van der Waals surface area contributed by atoms with Gasteiger partial charge in [0, 0.05) is 19.4 Å². The van der Waals surface area contributed by atoms with Gasteiger partial charge in [0.15, 0.2) is 10.8 Å². The summed E-state index contributed by atoms with van der Waals surface area (Å²) in [6, 6.07) is 1.77.